The normalized spacial score (nSPS) is 31.4. The summed E-state index contributed by atoms with van der Waals surface area (Å²) >= 11 is 2.04. The van der Waals surface area contributed by atoms with Gasteiger partial charge in [0.2, 0.25) is 0 Å². The van der Waals surface area contributed by atoms with Gasteiger partial charge < -0.3 is 14.2 Å². The molecular weight excluding hydrogens is 271 g/mol. The molecular formula is C8H11IO3. The van der Waals surface area contributed by atoms with Crippen LogP contribution in [0.25, 0.3) is 0 Å². The summed E-state index contributed by atoms with van der Waals surface area (Å²) in [6, 6.07) is 0. The first-order chi connectivity index (χ1) is 5.72. The molecule has 1 aliphatic heterocycles. The van der Waals surface area contributed by atoms with E-state index in [0.29, 0.717) is 13.2 Å². The maximum atomic E-state index is 5.34. The fourth-order valence-electron chi connectivity index (χ4n) is 0.920. The van der Waals surface area contributed by atoms with Crippen molar-refractivity contribution in [1.29, 1.82) is 0 Å². The number of hydrogen-bond acceptors (Lipinski definition) is 3. The Bertz CT molecular complexity index is 178. The second-order valence-corrected chi connectivity index (χ2v) is 3.61. The van der Waals surface area contributed by atoms with E-state index in [1.807, 2.05) is 29.5 Å². The zero-order chi connectivity index (χ0) is 8.97. The van der Waals surface area contributed by atoms with Gasteiger partial charge in [0.05, 0.1) is 13.2 Å². The highest BCUT2D eigenvalue weighted by atomic mass is 127. The van der Waals surface area contributed by atoms with Gasteiger partial charge in [0.15, 0.2) is 10.4 Å². The lowest BCUT2D eigenvalue weighted by Crippen LogP contribution is -2.20. The van der Waals surface area contributed by atoms with Crippen molar-refractivity contribution >= 4 is 22.6 Å². The molecule has 12 heavy (non-hydrogen) atoms. The highest BCUT2D eigenvalue weighted by Gasteiger charge is 2.22. The lowest BCUT2D eigenvalue weighted by Gasteiger charge is -2.10. The smallest absolute Gasteiger partial charge is 0.169 e. The predicted octanol–water partition coefficient (Wildman–Crippen LogP) is 1.16. The number of halogens is 1. The quantitative estimate of drug-likeness (QED) is 0.441. The van der Waals surface area contributed by atoms with Crippen LogP contribution in [0.3, 0.4) is 0 Å². The summed E-state index contributed by atoms with van der Waals surface area (Å²) in [6.07, 6.45) is 5.05. The summed E-state index contributed by atoms with van der Waals surface area (Å²) in [5.74, 6) is 2.47. The van der Waals surface area contributed by atoms with Crippen LogP contribution in [0.4, 0.5) is 0 Å². The highest BCUT2D eigenvalue weighted by Crippen LogP contribution is 2.12. The Hall–Kier alpha value is 0.170. The maximum Gasteiger partial charge on any atom is 0.169 e. The largest absolute Gasteiger partial charge is 0.353 e. The molecule has 68 valence electrons. The minimum atomic E-state index is -0.179. The molecule has 0 bridgehead atoms. The molecule has 1 heterocycles. The van der Waals surface area contributed by atoms with Crippen LogP contribution in [0.1, 0.15) is 6.92 Å². The molecule has 1 aliphatic rings. The van der Waals surface area contributed by atoms with Crippen molar-refractivity contribution in [2.24, 2.45) is 0 Å². The topological polar surface area (TPSA) is 27.7 Å². The number of alkyl halides is 1. The third kappa shape index (κ3) is 3.27. The fourth-order valence-corrected chi connectivity index (χ4v) is 1.13. The number of rotatable bonds is 3. The van der Waals surface area contributed by atoms with Gasteiger partial charge >= 0.3 is 0 Å². The van der Waals surface area contributed by atoms with Crippen molar-refractivity contribution in [3.05, 3.63) is 0 Å². The third-order valence-corrected chi connectivity index (χ3v) is 2.18. The summed E-state index contributed by atoms with van der Waals surface area (Å²) in [7, 11) is 0. The second-order valence-electron chi connectivity index (χ2n) is 2.48. The lowest BCUT2D eigenvalue weighted by molar-refractivity contribution is -0.0568. The first-order valence-electron chi connectivity index (χ1n) is 3.71. The van der Waals surface area contributed by atoms with Gasteiger partial charge in [-0.25, -0.2) is 0 Å². The van der Waals surface area contributed by atoms with E-state index in [4.69, 9.17) is 20.6 Å². The number of hydrogen-bond donors (Lipinski definition) is 0. The molecule has 0 radical (unpaired) electrons. The zero-order valence-corrected chi connectivity index (χ0v) is 8.98. The number of ether oxygens (including phenoxy) is 3. The van der Waals surface area contributed by atoms with Crippen molar-refractivity contribution in [2.75, 3.05) is 13.2 Å². The first-order valence-corrected chi connectivity index (χ1v) is 4.96. The van der Waals surface area contributed by atoms with E-state index >= 15 is 0 Å². The number of terminal acetylenes is 1. The van der Waals surface area contributed by atoms with Crippen LogP contribution >= 0.6 is 22.6 Å². The zero-order valence-electron chi connectivity index (χ0n) is 6.83. The Morgan fingerprint density at radius 3 is 3.08 bits per heavy atom. The van der Waals surface area contributed by atoms with E-state index in [1.165, 1.54) is 0 Å². The van der Waals surface area contributed by atoms with Crippen LogP contribution in [0, 0.1) is 12.3 Å². The van der Waals surface area contributed by atoms with Crippen LogP contribution < -0.4 is 0 Å². The van der Waals surface area contributed by atoms with Crippen LogP contribution in [0.15, 0.2) is 0 Å². The Labute approximate surface area is 85.9 Å². The molecule has 4 heteroatoms. The average molecular weight is 282 g/mol. The summed E-state index contributed by atoms with van der Waals surface area (Å²) in [5, 5.41) is 0. The van der Waals surface area contributed by atoms with Gasteiger partial charge in [-0.3, -0.25) is 0 Å². The van der Waals surface area contributed by atoms with Gasteiger partial charge in [0.1, 0.15) is 6.10 Å². The second kappa shape index (κ2) is 5.02. The Morgan fingerprint density at radius 2 is 2.58 bits per heavy atom. The lowest BCUT2D eigenvalue weighted by atomic mass is 10.4. The van der Waals surface area contributed by atoms with E-state index in [1.54, 1.807) is 0 Å². The molecule has 0 aromatic heterocycles. The molecule has 1 fully saturated rings. The Morgan fingerprint density at radius 1 is 1.83 bits per heavy atom. The predicted molar refractivity (Wildman–Crippen MR) is 52.9 cm³/mol. The molecule has 0 aromatic rings. The summed E-state index contributed by atoms with van der Waals surface area (Å²) in [6.45, 7) is 2.96. The highest BCUT2D eigenvalue weighted by molar-refractivity contribution is 14.1. The molecule has 1 saturated heterocycles. The van der Waals surface area contributed by atoms with Gasteiger partial charge in [-0.05, 0) is 29.5 Å². The molecule has 3 unspecified atom stereocenters. The van der Waals surface area contributed by atoms with Crippen molar-refractivity contribution in [3.8, 4) is 12.3 Å². The van der Waals surface area contributed by atoms with Crippen molar-refractivity contribution in [1.82, 2.24) is 0 Å². The third-order valence-electron chi connectivity index (χ3n) is 1.46. The summed E-state index contributed by atoms with van der Waals surface area (Å²) < 4.78 is 15.6. The summed E-state index contributed by atoms with van der Waals surface area (Å²) in [5.41, 5.74) is 0. The van der Waals surface area contributed by atoms with Crippen LogP contribution in [-0.4, -0.2) is 29.7 Å². The van der Waals surface area contributed by atoms with Crippen molar-refractivity contribution < 1.29 is 14.2 Å². The molecule has 0 amide bonds. The van der Waals surface area contributed by atoms with E-state index in [-0.39, 0.29) is 16.5 Å². The van der Waals surface area contributed by atoms with Gasteiger partial charge in [-0.15, -0.1) is 6.42 Å². The van der Waals surface area contributed by atoms with Crippen LogP contribution in [0.5, 0.6) is 0 Å². The van der Waals surface area contributed by atoms with E-state index in [0.717, 1.165) is 0 Å². The summed E-state index contributed by atoms with van der Waals surface area (Å²) in [4.78, 5) is 0. The van der Waals surface area contributed by atoms with E-state index in [9.17, 15) is 0 Å². The van der Waals surface area contributed by atoms with Crippen LogP contribution in [0.2, 0.25) is 0 Å². The van der Waals surface area contributed by atoms with Gasteiger partial charge in [0, 0.05) is 0 Å². The minimum absolute atomic E-state index is 0.0330. The standard InChI is InChI=1S/C8H11IO3/c1-3-8(9)11-5-7-4-10-6(2)12-7/h1,6-8H,4-5H2,2H3. The average Bonchev–Trinajstić information content (AvgIpc) is 2.47. The molecule has 3 nitrogen and oxygen atoms in total. The van der Waals surface area contributed by atoms with E-state index < -0.39 is 0 Å². The van der Waals surface area contributed by atoms with Gasteiger partial charge in [-0.2, -0.15) is 0 Å². The molecule has 0 saturated carbocycles. The molecule has 0 N–H and O–H groups in total. The monoisotopic (exact) mass is 282 g/mol. The van der Waals surface area contributed by atoms with E-state index in [2.05, 4.69) is 5.92 Å². The first kappa shape index (κ1) is 10.3. The fraction of sp³-hybridized carbons (Fsp3) is 0.750. The molecule has 3 atom stereocenters. The molecule has 1 rings (SSSR count). The van der Waals surface area contributed by atoms with Gasteiger partial charge in [0.25, 0.3) is 0 Å². The SMILES string of the molecule is C#CC(I)OCC1COC(C)O1. The van der Waals surface area contributed by atoms with Crippen molar-refractivity contribution in [3.63, 3.8) is 0 Å². The molecule has 0 spiro atoms. The Balaban J connectivity index is 2.12. The Kier molecular flexibility index (Phi) is 4.29. The molecule has 0 aliphatic carbocycles. The van der Waals surface area contributed by atoms with Crippen LogP contribution in [-0.2, 0) is 14.2 Å². The van der Waals surface area contributed by atoms with Crippen molar-refractivity contribution in [2.45, 2.75) is 23.4 Å². The maximum absolute atomic E-state index is 5.34. The minimum Gasteiger partial charge on any atom is -0.353 e. The van der Waals surface area contributed by atoms with Gasteiger partial charge in [-0.1, -0.05) is 5.92 Å². The molecule has 0 aromatic carbocycles.